The van der Waals surface area contributed by atoms with Crippen LogP contribution in [0.25, 0.3) is 12.2 Å². The third-order valence-electron chi connectivity index (χ3n) is 3.24. The van der Waals surface area contributed by atoms with Crippen LogP contribution >= 0.6 is 35.1 Å². The van der Waals surface area contributed by atoms with Gasteiger partial charge in [0.25, 0.3) is 0 Å². The SMILES string of the molecule is Cl.O=[N+]([O-])c1ccc(/C=C/c2nc(CN3CCOCC3)cs2)s1. The van der Waals surface area contributed by atoms with E-state index in [2.05, 4.69) is 15.3 Å². The summed E-state index contributed by atoms with van der Waals surface area (Å²) in [5.41, 5.74) is 1.06. The van der Waals surface area contributed by atoms with Crippen LogP contribution in [0.1, 0.15) is 15.6 Å². The van der Waals surface area contributed by atoms with Crippen molar-refractivity contribution in [1.29, 1.82) is 0 Å². The average Bonchev–Trinajstić information content (AvgIpc) is 3.15. The fourth-order valence-electron chi connectivity index (χ4n) is 2.14. The molecule has 0 unspecified atom stereocenters. The van der Waals surface area contributed by atoms with Crippen LogP contribution in [0, 0.1) is 10.1 Å². The zero-order chi connectivity index (χ0) is 15.4. The number of aromatic nitrogens is 1. The molecule has 23 heavy (non-hydrogen) atoms. The fraction of sp³-hybridized carbons (Fsp3) is 0.357. The molecule has 0 N–H and O–H groups in total. The van der Waals surface area contributed by atoms with Gasteiger partial charge in [0.2, 0.25) is 0 Å². The summed E-state index contributed by atoms with van der Waals surface area (Å²) in [5.74, 6) is 0. The Morgan fingerprint density at radius 1 is 1.35 bits per heavy atom. The van der Waals surface area contributed by atoms with Crippen LogP contribution in [0.4, 0.5) is 5.00 Å². The second-order valence-electron chi connectivity index (χ2n) is 4.83. The molecule has 0 atom stereocenters. The van der Waals surface area contributed by atoms with Crippen LogP contribution in [0.15, 0.2) is 17.5 Å². The molecule has 9 heteroatoms. The quantitative estimate of drug-likeness (QED) is 0.592. The minimum Gasteiger partial charge on any atom is -0.379 e. The largest absolute Gasteiger partial charge is 0.379 e. The number of morpholine rings is 1. The third kappa shape index (κ3) is 5.08. The van der Waals surface area contributed by atoms with E-state index < -0.39 is 0 Å². The summed E-state index contributed by atoms with van der Waals surface area (Å²) in [5, 5.41) is 13.8. The molecular formula is C14H16ClN3O3S2. The van der Waals surface area contributed by atoms with Gasteiger partial charge in [-0.2, -0.15) is 0 Å². The van der Waals surface area contributed by atoms with Crippen molar-refractivity contribution in [2.75, 3.05) is 26.3 Å². The maximum atomic E-state index is 10.6. The molecule has 6 nitrogen and oxygen atoms in total. The smallest absolute Gasteiger partial charge is 0.324 e. The van der Waals surface area contributed by atoms with E-state index in [1.165, 1.54) is 6.07 Å². The summed E-state index contributed by atoms with van der Waals surface area (Å²) < 4.78 is 5.33. The molecule has 0 amide bonds. The summed E-state index contributed by atoms with van der Waals surface area (Å²) in [7, 11) is 0. The van der Waals surface area contributed by atoms with Crippen molar-refractivity contribution in [3.63, 3.8) is 0 Å². The minimum atomic E-state index is -0.369. The Hall–Kier alpha value is -1.32. The maximum absolute atomic E-state index is 10.6. The van der Waals surface area contributed by atoms with Gasteiger partial charge >= 0.3 is 5.00 Å². The summed E-state index contributed by atoms with van der Waals surface area (Å²) in [6.45, 7) is 4.31. The van der Waals surface area contributed by atoms with E-state index in [0.29, 0.717) is 0 Å². The van der Waals surface area contributed by atoms with Gasteiger partial charge in [-0.1, -0.05) is 11.3 Å². The number of ether oxygens (including phenoxy) is 1. The molecule has 124 valence electrons. The molecule has 0 spiro atoms. The molecule has 0 saturated carbocycles. The molecule has 2 aromatic rings. The first-order chi connectivity index (χ1) is 10.7. The first kappa shape index (κ1) is 18.0. The van der Waals surface area contributed by atoms with E-state index in [4.69, 9.17) is 4.74 Å². The van der Waals surface area contributed by atoms with Crippen LogP contribution in [0.5, 0.6) is 0 Å². The molecule has 1 saturated heterocycles. The predicted octanol–water partition coefficient (Wildman–Crippen LogP) is 3.54. The Labute approximate surface area is 148 Å². The Bertz CT molecular complexity index is 680. The Kier molecular flexibility index (Phi) is 6.67. The van der Waals surface area contributed by atoms with Crippen molar-refractivity contribution >= 4 is 52.2 Å². The second-order valence-corrected chi connectivity index (χ2v) is 6.82. The number of halogens is 1. The van der Waals surface area contributed by atoms with Gasteiger partial charge in [0, 0.05) is 36.0 Å². The summed E-state index contributed by atoms with van der Waals surface area (Å²) >= 11 is 2.75. The number of rotatable bonds is 5. The molecule has 3 rings (SSSR count). The zero-order valence-electron chi connectivity index (χ0n) is 12.2. The molecule has 0 bridgehead atoms. The Morgan fingerprint density at radius 2 is 2.13 bits per heavy atom. The van der Waals surface area contributed by atoms with Gasteiger partial charge in [-0.25, -0.2) is 4.98 Å². The molecule has 0 aliphatic carbocycles. The van der Waals surface area contributed by atoms with Gasteiger partial charge in [-0.05, 0) is 18.2 Å². The van der Waals surface area contributed by atoms with Gasteiger partial charge in [0.1, 0.15) is 5.01 Å². The molecule has 0 aromatic carbocycles. The molecule has 0 radical (unpaired) electrons. The minimum absolute atomic E-state index is 0. The molecule has 3 heterocycles. The number of thiazole rings is 1. The van der Waals surface area contributed by atoms with Crippen LogP contribution in [-0.4, -0.2) is 41.1 Å². The Balaban J connectivity index is 0.00000192. The van der Waals surface area contributed by atoms with Crippen molar-refractivity contribution in [2.45, 2.75) is 6.54 Å². The van der Waals surface area contributed by atoms with Crippen LogP contribution in [0.2, 0.25) is 0 Å². The molecule has 1 aliphatic rings. The highest BCUT2D eigenvalue weighted by Crippen LogP contribution is 2.26. The van der Waals surface area contributed by atoms with Crippen molar-refractivity contribution in [1.82, 2.24) is 9.88 Å². The lowest BCUT2D eigenvalue weighted by Gasteiger charge is -2.25. The standard InChI is InChI=1S/C14H15N3O3S2.ClH/c18-17(19)14-4-2-12(22-14)1-3-13-15-11(10-21-13)9-16-5-7-20-8-6-16;/h1-4,10H,5-9H2;1H/b3-1+;. The first-order valence-corrected chi connectivity index (χ1v) is 8.57. The summed E-state index contributed by atoms with van der Waals surface area (Å²) in [6, 6.07) is 3.28. The van der Waals surface area contributed by atoms with E-state index in [0.717, 1.165) is 59.8 Å². The zero-order valence-corrected chi connectivity index (χ0v) is 14.7. The monoisotopic (exact) mass is 373 g/mol. The van der Waals surface area contributed by atoms with Gasteiger partial charge < -0.3 is 4.74 Å². The van der Waals surface area contributed by atoms with E-state index in [1.54, 1.807) is 17.4 Å². The third-order valence-corrected chi connectivity index (χ3v) is 5.10. The van der Waals surface area contributed by atoms with E-state index in [9.17, 15) is 10.1 Å². The lowest BCUT2D eigenvalue weighted by molar-refractivity contribution is -0.380. The number of hydrogen-bond donors (Lipinski definition) is 0. The van der Waals surface area contributed by atoms with Crippen LogP contribution < -0.4 is 0 Å². The Morgan fingerprint density at radius 3 is 2.83 bits per heavy atom. The molecular weight excluding hydrogens is 358 g/mol. The van der Waals surface area contributed by atoms with Crippen LogP contribution in [0.3, 0.4) is 0 Å². The average molecular weight is 374 g/mol. The van der Waals surface area contributed by atoms with Gasteiger partial charge in [0.15, 0.2) is 0 Å². The van der Waals surface area contributed by atoms with Crippen molar-refractivity contribution in [3.8, 4) is 0 Å². The van der Waals surface area contributed by atoms with Crippen LogP contribution in [-0.2, 0) is 11.3 Å². The molecule has 2 aromatic heterocycles. The highest BCUT2D eigenvalue weighted by atomic mass is 35.5. The lowest BCUT2D eigenvalue weighted by Crippen LogP contribution is -2.35. The fourth-order valence-corrected chi connectivity index (χ4v) is 3.57. The number of nitrogens with zero attached hydrogens (tertiary/aromatic N) is 3. The van der Waals surface area contributed by atoms with Crippen molar-refractivity contribution < 1.29 is 9.66 Å². The number of thiophene rings is 1. The normalized spacial score (nSPS) is 15.7. The topological polar surface area (TPSA) is 68.5 Å². The summed E-state index contributed by atoms with van der Waals surface area (Å²) in [6.07, 6.45) is 3.78. The van der Waals surface area contributed by atoms with Crippen molar-refractivity contribution in [2.24, 2.45) is 0 Å². The van der Waals surface area contributed by atoms with E-state index in [-0.39, 0.29) is 22.3 Å². The van der Waals surface area contributed by atoms with Crippen molar-refractivity contribution in [3.05, 3.63) is 43.2 Å². The van der Waals surface area contributed by atoms with E-state index >= 15 is 0 Å². The first-order valence-electron chi connectivity index (χ1n) is 6.87. The summed E-state index contributed by atoms with van der Waals surface area (Å²) in [4.78, 5) is 18.0. The lowest BCUT2D eigenvalue weighted by atomic mass is 10.3. The highest BCUT2D eigenvalue weighted by molar-refractivity contribution is 7.16. The second kappa shape index (κ2) is 8.51. The predicted molar refractivity (Wildman–Crippen MR) is 95.4 cm³/mol. The van der Waals surface area contributed by atoms with Gasteiger partial charge in [-0.3, -0.25) is 15.0 Å². The molecule has 1 fully saturated rings. The number of hydrogen-bond acceptors (Lipinski definition) is 7. The van der Waals surface area contributed by atoms with Gasteiger partial charge in [0.05, 0.1) is 23.8 Å². The highest BCUT2D eigenvalue weighted by Gasteiger charge is 2.12. The maximum Gasteiger partial charge on any atom is 0.324 e. The molecule has 1 aliphatic heterocycles. The number of nitro groups is 1. The van der Waals surface area contributed by atoms with E-state index in [1.807, 2.05) is 12.2 Å². The van der Waals surface area contributed by atoms with Gasteiger partial charge in [-0.15, -0.1) is 23.7 Å².